The van der Waals surface area contributed by atoms with Crippen molar-refractivity contribution >= 4 is 23.0 Å². The van der Waals surface area contributed by atoms with Crippen molar-refractivity contribution in [3.8, 4) is 11.3 Å². The maximum absolute atomic E-state index is 13.3. The van der Waals surface area contributed by atoms with Crippen LogP contribution in [0.3, 0.4) is 0 Å². The van der Waals surface area contributed by atoms with Gasteiger partial charge in [0.15, 0.2) is 0 Å². The van der Waals surface area contributed by atoms with Crippen molar-refractivity contribution in [1.29, 1.82) is 0 Å². The number of carboxylic acids is 1. The van der Waals surface area contributed by atoms with E-state index in [4.69, 9.17) is 8.94 Å². The van der Waals surface area contributed by atoms with Gasteiger partial charge in [0, 0.05) is 18.7 Å². The molecule has 1 N–H and O–H groups in total. The van der Waals surface area contributed by atoms with Gasteiger partial charge in [-0.2, -0.15) is 0 Å². The first-order chi connectivity index (χ1) is 13.3. The lowest BCUT2D eigenvalue weighted by atomic mass is 9.96. The number of likely N-dealkylation sites (tertiary alicyclic amines) is 1. The van der Waals surface area contributed by atoms with E-state index in [1.807, 2.05) is 19.9 Å². The molecule has 0 radical (unpaired) electrons. The smallest absolute Gasteiger partial charge is 0.306 e. The number of aliphatic carboxylic acids is 1. The lowest BCUT2D eigenvalue weighted by Gasteiger charge is -2.30. The second-order valence-electron chi connectivity index (χ2n) is 7.23. The molecular weight excluding hydrogens is 362 g/mol. The van der Waals surface area contributed by atoms with Gasteiger partial charge >= 0.3 is 5.97 Å². The van der Waals surface area contributed by atoms with Gasteiger partial charge in [0.1, 0.15) is 11.5 Å². The van der Waals surface area contributed by atoms with Gasteiger partial charge in [0.05, 0.1) is 28.3 Å². The van der Waals surface area contributed by atoms with E-state index in [0.717, 1.165) is 11.3 Å². The van der Waals surface area contributed by atoms with E-state index in [1.54, 1.807) is 17.9 Å². The number of carbonyl (C=O) groups is 2. The van der Waals surface area contributed by atoms with Crippen molar-refractivity contribution in [2.75, 3.05) is 13.1 Å². The normalized spacial score (nSPS) is 15.3. The number of hydrogen-bond donors (Lipinski definition) is 1. The van der Waals surface area contributed by atoms with E-state index < -0.39 is 11.9 Å². The van der Waals surface area contributed by atoms with Gasteiger partial charge in [0.2, 0.25) is 0 Å². The van der Waals surface area contributed by atoms with Gasteiger partial charge in [-0.05, 0) is 45.7 Å². The minimum Gasteiger partial charge on any atom is -0.481 e. The molecular formula is C20H21N3O5. The number of aryl methyl sites for hydroxylation is 3. The average molecular weight is 383 g/mol. The summed E-state index contributed by atoms with van der Waals surface area (Å²) >= 11 is 0. The van der Waals surface area contributed by atoms with Crippen molar-refractivity contribution in [1.82, 2.24) is 15.0 Å². The topological polar surface area (TPSA) is 110 Å². The lowest BCUT2D eigenvalue weighted by molar-refractivity contribution is -0.143. The third-order valence-electron chi connectivity index (χ3n) is 5.30. The molecule has 0 unspecified atom stereocenters. The van der Waals surface area contributed by atoms with E-state index in [2.05, 4.69) is 10.1 Å². The summed E-state index contributed by atoms with van der Waals surface area (Å²) in [6.07, 6.45) is 0.898. The zero-order valence-electron chi connectivity index (χ0n) is 16.0. The van der Waals surface area contributed by atoms with Crippen LogP contribution >= 0.6 is 0 Å². The minimum absolute atomic E-state index is 0.165. The molecule has 4 heterocycles. The Morgan fingerprint density at radius 1 is 1.18 bits per heavy atom. The van der Waals surface area contributed by atoms with Crippen LogP contribution < -0.4 is 0 Å². The number of nitrogens with zero attached hydrogens (tertiary/aromatic N) is 3. The molecule has 8 heteroatoms. The van der Waals surface area contributed by atoms with Crippen LogP contribution in [0.4, 0.5) is 0 Å². The van der Waals surface area contributed by atoms with Crippen molar-refractivity contribution in [3.05, 3.63) is 34.9 Å². The van der Waals surface area contributed by atoms with Gasteiger partial charge in [-0.15, -0.1) is 0 Å². The number of carboxylic acid groups (broad SMARTS) is 1. The molecule has 3 aromatic rings. The number of pyridine rings is 1. The Balaban J connectivity index is 1.75. The number of aromatic nitrogens is 2. The first-order valence-corrected chi connectivity index (χ1v) is 9.21. The number of rotatable bonds is 3. The van der Waals surface area contributed by atoms with E-state index in [0.29, 0.717) is 59.7 Å². The van der Waals surface area contributed by atoms with Gasteiger partial charge in [-0.25, -0.2) is 4.98 Å². The van der Waals surface area contributed by atoms with Crippen LogP contribution in [0.25, 0.3) is 22.4 Å². The third-order valence-corrected chi connectivity index (χ3v) is 5.30. The van der Waals surface area contributed by atoms with Crippen molar-refractivity contribution in [3.63, 3.8) is 0 Å². The van der Waals surface area contributed by atoms with Crippen LogP contribution in [-0.4, -0.2) is 45.1 Å². The van der Waals surface area contributed by atoms with Crippen LogP contribution in [0.15, 0.2) is 21.1 Å². The zero-order chi connectivity index (χ0) is 20.0. The summed E-state index contributed by atoms with van der Waals surface area (Å²) in [5.41, 5.74) is 2.74. The SMILES string of the molecule is Cc1cc(-c2cc(C(=O)N3CCC(C(=O)O)CC3)c3c(C)noc3n2)c(C)o1. The van der Waals surface area contributed by atoms with E-state index in [9.17, 15) is 14.7 Å². The summed E-state index contributed by atoms with van der Waals surface area (Å²) in [7, 11) is 0. The quantitative estimate of drug-likeness (QED) is 0.738. The highest BCUT2D eigenvalue weighted by atomic mass is 16.5. The molecule has 28 heavy (non-hydrogen) atoms. The monoisotopic (exact) mass is 383 g/mol. The van der Waals surface area contributed by atoms with E-state index in [1.165, 1.54) is 0 Å². The van der Waals surface area contributed by atoms with E-state index >= 15 is 0 Å². The predicted octanol–water partition coefficient (Wildman–Crippen LogP) is 3.34. The highest BCUT2D eigenvalue weighted by Crippen LogP contribution is 2.31. The summed E-state index contributed by atoms with van der Waals surface area (Å²) in [6.45, 7) is 6.28. The van der Waals surface area contributed by atoms with Crippen LogP contribution in [0.5, 0.6) is 0 Å². The summed E-state index contributed by atoms with van der Waals surface area (Å²) in [5, 5.41) is 13.7. The first-order valence-electron chi connectivity index (χ1n) is 9.21. The Labute approximate surface area is 161 Å². The number of hydrogen-bond acceptors (Lipinski definition) is 6. The molecule has 0 aliphatic carbocycles. The first kappa shape index (κ1) is 18.2. The molecule has 1 aliphatic heterocycles. The fraction of sp³-hybridized carbons (Fsp3) is 0.400. The van der Waals surface area contributed by atoms with Gasteiger partial charge in [-0.3, -0.25) is 9.59 Å². The molecule has 1 aliphatic rings. The molecule has 0 atom stereocenters. The highest BCUT2D eigenvalue weighted by molar-refractivity contribution is 6.07. The van der Waals surface area contributed by atoms with Gasteiger partial charge < -0.3 is 18.9 Å². The van der Waals surface area contributed by atoms with E-state index in [-0.39, 0.29) is 5.91 Å². The number of furan rings is 1. The molecule has 3 aromatic heterocycles. The standard InChI is InChI=1S/C20H21N3O5/c1-10-8-14(12(3)27-10)16-9-15(17-11(2)22-28-18(17)21-16)19(24)23-6-4-13(5-7-23)20(25)26/h8-9,13H,4-7H2,1-3H3,(H,25,26). The average Bonchev–Trinajstić information content (AvgIpc) is 3.22. The fourth-order valence-electron chi connectivity index (χ4n) is 3.79. The molecule has 1 saturated heterocycles. The van der Waals surface area contributed by atoms with Gasteiger partial charge in [-0.1, -0.05) is 5.16 Å². The largest absolute Gasteiger partial charge is 0.481 e. The Bertz CT molecular complexity index is 1070. The Hall–Kier alpha value is -3.16. The minimum atomic E-state index is -0.804. The summed E-state index contributed by atoms with van der Waals surface area (Å²) in [4.78, 5) is 30.7. The number of amides is 1. The van der Waals surface area contributed by atoms with Crippen molar-refractivity contribution in [2.45, 2.75) is 33.6 Å². The fourth-order valence-corrected chi connectivity index (χ4v) is 3.79. The maximum atomic E-state index is 13.3. The molecule has 1 fully saturated rings. The Morgan fingerprint density at radius 3 is 2.50 bits per heavy atom. The van der Waals surface area contributed by atoms with Crippen LogP contribution in [0, 0.1) is 26.7 Å². The van der Waals surface area contributed by atoms with Crippen LogP contribution in [0.2, 0.25) is 0 Å². The molecule has 0 saturated carbocycles. The lowest BCUT2D eigenvalue weighted by Crippen LogP contribution is -2.40. The number of carbonyl (C=O) groups excluding carboxylic acids is 1. The predicted molar refractivity (Wildman–Crippen MR) is 100.0 cm³/mol. The molecule has 0 bridgehead atoms. The molecule has 146 valence electrons. The highest BCUT2D eigenvalue weighted by Gasteiger charge is 2.30. The molecule has 1 amide bonds. The molecule has 8 nitrogen and oxygen atoms in total. The molecule has 0 spiro atoms. The van der Waals surface area contributed by atoms with Crippen LogP contribution in [0.1, 0.15) is 40.4 Å². The molecule has 0 aromatic carbocycles. The summed E-state index contributed by atoms with van der Waals surface area (Å²) in [6, 6.07) is 3.62. The second kappa shape index (κ2) is 6.78. The molecule has 4 rings (SSSR count). The summed E-state index contributed by atoms with van der Waals surface area (Å²) in [5.74, 6) is 0.0991. The maximum Gasteiger partial charge on any atom is 0.306 e. The van der Waals surface area contributed by atoms with Crippen LogP contribution in [-0.2, 0) is 4.79 Å². The van der Waals surface area contributed by atoms with Gasteiger partial charge in [0.25, 0.3) is 11.6 Å². The number of fused-ring (bicyclic) bond motifs is 1. The number of piperidine rings is 1. The third kappa shape index (κ3) is 3.04. The second-order valence-corrected chi connectivity index (χ2v) is 7.23. The zero-order valence-corrected chi connectivity index (χ0v) is 16.0. The Kier molecular flexibility index (Phi) is 4.41. The van der Waals surface area contributed by atoms with Crippen molar-refractivity contribution in [2.24, 2.45) is 5.92 Å². The Morgan fingerprint density at radius 2 is 1.89 bits per heavy atom. The summed E-state index contributed by atoms with van der Waals surface area (Å²) < 4.78 is 10.9. The van der Waals surface area contributed by atoms with Crippen molar-refractivity contribution < 1.29 is 23.6 Å².